The van der Waals surface area contributed by atoms with Crippen molar-refractivity contribution in [3.8, 4) is 6.07 Å². The molecule has 0 aromatic carbocycles. The van der Waals surface area contributed by atoms with E-state index in [0.717, 1.165) is 51.3 Å². The van der Waals surface area contributed by atoms with Crippen LogP contribution < -0.4 is 4.90 Å². The summed E-state index contributed by atoms with van der Waals surface area (Å²) < 4.78 is 5.62. The molecular formula is C17H22N4O2. The zero-order chi connectivity index (χ0) is 16.2. The second-order valence-corrected chi connectivity index (χ2v) is 6.15. The van der Waals surface area contributed by atoms with Gasteiger partial charge in [-0.15, -0.1) is 0 Å². The first-order chi connectivity index (χ1) is 11.2. The molecule has 2 aliphatic heterocycles. The monoisotopic (exact) mass is 314 g/mol. The molecule has 0 unspecified atom stereocenters. The van der Waals surface area contributed by atoms with Crippen LogP contribution in [0.1, 0.15) is 25.5 Å². The lowest BCUT2D eigenvalue weighted by molar-refractivity contribution is -0.144. The van der Waals surface area contributed by atoms with Crippen molar-refractivity contribution in [2.24, 2.45) is 5.92 Å². The number of nitrogens with zero attached hydrogens (tertiary/aromatic N) is 4. The number of nitriles is 1. The molecule has 2 atom stereocenters. The highest BCUT2D eigenvalue weighted by atomic mass is 16.5. The summed E-state index contributed by atoms with van der Waals surface area (Å²) in [6, 6.07) is 5.67. The quantitative estimate of drug-likeness (QED) is 0.825. The Balaban J connectivity index is 1.57. The van der Waals surface area contributed by atoms with Crippen LogP contribution in [0.4, 0.5) is 5.69 Å². The van der Waals surface area contributed by atoms with Gasteiger partial charge in [0.1, 0.15) is 11.8 Å². The van der Waals surface area contributed by atoms with Crippen LogP contribution >= 0.6 is 0 Å². The number of rotatable bonds is 2. The molecule has 122 valence electrons. The molecule has 0 bridgehead atoms. The van der Waals surface area contributed by atoms with Crippen LogP contribution in [0, 0.1) is 17.2 Å². The van der Waals surface area contributed by atoms with Crippen LogP contribution in [0.5, 0.6) is 0 Å². The molecule has 0 saturated carbocycles. The van der Waals surface area contributed by atoms with Crippen molar-refractivity contribution >= 4 is 11.6 Å². The number of anilines is 1. The zero-order valence-electron chi connectivity index (χ0n) is 13.4. The van der Waals surface area contributed by atoms with E-state index in [1.54, 1.807) is 12.3 Å². The third kappa shape index (κ3) is 3.45. The Hall–Kier alpha value is -2.13. The largest absolute Gasteiger partial charge is 0.378 e. The van der Waals surface area contributed by atoms with Gasteiger partial charge in [-0.1, -0.05) is 0 Å². The molecule has 1 aromatic heterocycles. The minimum absolute atomic E-state index is 0.00637. The topological polar surface area (TPSA) is 69.5 Å². The Labute approximate surface area is 136 Å². The molecule has 23 heavy (non-hydrogen) atoms. The molecule has 0 N–H and O–H groups in total. The van der Waals surface area contributed by atoms with Gasteiger partial charge < -0.3 is 14.5 Å². The Morgan fingerprint density at radius 1 is 1.35 bits per heavy atom. The van der Waals surface area contributed by atoms with Crippen molar-refractivity contribution in [2.75, 3.05) is 37.7 Å². The second kappa shape index (κ2) is 6.97. The standard InChI is InChI=1S/C17H22N4O2/c1-13-16(3-2-10-23-13)17(22)21-8-6-20(7-9-21)15-5-4-14(11-18)19-12-15/h4-5,12-13,16H,2-3,6-10H2,1H3/t13-,16+/m1/s1. The van der Waals surface area contributed by atoms with E-state index in [0.29, 0.717) is 5.69 Å². The van der Waals surface area contributed by atoms with Gasteiger partial charge in [0.15, 0.2) is 0 Å². The van der Waals surface area contributed by atoms with Crippen LogP contribution in [0.2, 0.25) is 0 Å². The van der Waals surface area contributed by atoms with Crippen molar-refractivity contribution < 1.29 is 9.53 Å². The van der Waals surface area contributed by atoms with Gasteiger partial charge in [0.05, 0.1) is 23.9 Å². The lowest BCUT2D eigenvalue weighted by Gasteiger charge is -2.39. The Morgan fingerprint density at radius 3 is 2.74 bits per heavy atom. The van der Waals surface area contributed by atoms with E-state index in [2.05, 4.69) is 9.88 Å². The number of hydrogen-bond acceptors (Lipinski definition) is 5. The SMILES string of the molecule is C[C@H]1OCCC[C@@H]1C(=O)N1CCN(c2ccc(C#N)nc2)CC1. The summed E-state index contributed by atoms with van der Waals surface area (Å²) in [5.74, 6) is 0.238. The molecule has 6 nitrogen and oxygen atoms in total. The van der Waals surface area contributed by atoms with Gasteiger partial charge in [0, 0.05) is 32.8 Å². The maximum absolute atomic E-state index is 12.7. The molecule has 2 saturated heterocycles. The number of pyridine rings is 1. The van der Waals surface area contributed by atoms with Gasteiger partial charge >= 0.3 is 0 Å². The Morgan fingerprint density at radius 2 is 2.13 bits per heavy atom. The van der Waals surface area contributed by atoms with Gasteiger partial charge in [0.2, 0.25) is 5.91 Å². The molecule has 1 amide bonds. The van der Waals surface area contributed by atoms with Crippen molar-refractivity contribution in [3.05, 3.63) is 24.0 Å². The summed E-state index contributed by atoms with van der Waals surface area (Å²) >= 11 is 0. The van der Waals surface area contributed by atoms with Gasteiger partial charge in [-0.25, -0.2) is 4.98 Å². The van der Waals surface area contributed by atoms with E-state index in [9.17, 15) is 4.79 Å². The average Bonchev–Trinajstić information content (AvgIpc) is 2.62. The van der Waals surface area contributed by atoms with Crippen LogP contribution in [-0.2, 0) is 9.53 Å². The van der Waals surface area contributed by atoms with E-state index >= 15 is 0 Å². The first-order valence-corrected chi connectivity index (χ1v) is 8.20. The minimum Gasteiger partial charge on any atom is -0.378 e. The highest BCUT2D eigenvalue weighted by molar-refractivity contribution is 5.79. The lowest BCUT2D eigenvalue weighted by atomic mass is 9.93. The van der Waals surface area contributed by atoms with Crippen LogP contribution in [0.15, 0.2) is 18.3 Å². The van der Waals surface area contributed by atoms with Crippen molar-refractivity contribution in [1.82, 2.24) is 9.88 Å². The van der Waals surface area contributed by atoms with Crippen molar-refractivity contribution in [1.29, 1.82) is 5.26 Å². The van der Waals surface area contributed by atoms with E-state index in [4.69, 9.17) is 10.00 Å². The smallest absolute Gasteiger partial charge is 0.228 e. The maximum atomic E-state index is 12.7. The normalized spacial score (nSPS) is 25.0. The molecule has 3 heterocycles. The van der Waals surface area contributed by atoms with Crippen molar-refractivity contribution in [3.63, 3.8) is 0 Å². The second-order valence-electron chi connectivity index (χ2n) is 6.15. The molecule has 3 rings (SSSR count). The minimum atomic E-state index is 0.00637. The lowest BCUT2D eigenvalue weighted by Crippen LogP contribution is -2.52. The number of amides is 1. The summed E-state index contributed by atoms with van der Waals surface area (Å²) in [4.78, 5) is 20.9. The third-order valence-corrected chi connectivity index (χ3v) is 4.74. The Kier molecular flexibility index (Phi) is 4.77. The number of carbonyl (C=O) groups excluding carboxylic acids is 1. The summed E-state index contributed by atoms with van der Waals surface area (Å²) in [5, 5.41) is 8.80. The molecule has 0 spiro atoms. The maximum Gasteiger partial charge on any atom is 0.228 e. The van der Waals surface area contributed by atoms with E-state index < -0.39 is 0 Å². The van der Waals surface area contributed by atoms with Gasteiger partial charge in [-0.2, -0.15) is 5.26 Å². The molecule has 6 heteroatoms. The molecule has 1 aromatic rings. The Bertz CT molecular complexity index is 588. The summed E-state index contributed by atoms with van der Waals surface area (Å²) in [6.07, 6.45) is 3.65. The predicted molar refractivity (Wildman–Crippen MR) is 85.9 cm³/mol. The number of piperazine rings is 1. The van der Waals surface area contributed by atoms with Crippen LogP contribution in [0.3, 0.4) is 0 Å². The fourth-order valence-electron chi connectivity index (χ4n) is 3.31. The van der Waals surface area contributed by atoms with Crippen LogP contribution in [-0.4, -0.2) is 54.7 Å². The van der Waals surface area contributed by atoms with Gasteiger partial charge in [-0.05, 0) is 31.9 Å². The van der Waals surface area contributed by atoms with Crippen molar-refractivity contribution in [2.45, 2.75) is 25.9 Å². The van der Waals surface area contributed by atoms with E-state index in [-0.39, 0.29) is 17.9 Å². The van der Waals surface area contributed by atoms with Crippen LogP contribution in [0.25, 0.3) is 0 Å². The third-order valence-electron chi connectivity index (χ3n) is 4.74. The van der Waals surface area contributed by atoms with Gasteiger partial charge in [0.25, 0.3) is 0 Å². The zero-order valence-corrected chi connectivity index (χ0v) is 13.4. The first-order valence-electron chi connectivity index (χ1n) is 8.20. The molecular weight excluding hydrogens is 292 g/mol. The van der Waals surface area contributed by atoms with E-state index in [1.165, 1.54) is 0 Å². The molecule has 0 radical (unpaired) electrons. The van der Waals surface area contributed by atoms with Gasteiger partial charge in [-0.3, -0.25) is 4.79 Å². The average molecular weight is 314 g/mol. The number of carbonyl (C=O) groups is 1. The predicted octanol–water partition coefficient (Wildman–Crippen LogP) is 1.42. The van der Waals surface area contributed by atoms with E-state index in [1.807, 2.05) is 24.0 Å². The summed E-state index contributed by atoms with van der Waals surface area (Å²) in [5.41, 5.74) is 1.43. The first kappa shape index (κ1) is 15.8. The number of aromatic nitrogens is 1. The fraction of sp³-hybridized carbons (Fsp3) is 0.588. The molecule has 2 fully saturated rings. The summed E-state index contributed by atoms with van der Waals surface area (Å²) in [6.45, 7) is 5.80. The highest BCUT2D eigenvalue weighted by Crippen LogP contribution is 2.24. The fourth-order valence-corrected chi connectivity index (χ4v) is 3.31. The number of hydrogen-bond donors (Lipinski definition) is 0. The highest BCUT2D eigenvalue weighted by Gasteiger charge is 2.33. The summed E-state index contributed by atoms with van der Waals surface area (Å²) in [7, 11) is 0. The molecule has 0 aliphatic carbocycles. The molecule has 2 aliphatic rings. The number of ether oxygens (including phenoxy) is 1.